The van der Waals surface area contributed by atoms with Gasteiger partial charge in [-0.3, -0.25) is 4.79 Å². The van der Waals surface area contributed by atoms with E-state index in [0.717, 1.165) is 10.2 Å². The highest BCUT2D eigenvalue weighted by atomic mass is 79.9. The third-order valence-electron chi connectivity index (χ3n) is 3.43. The number of amides is 1. The van der Waals surface area contributed by atoms with Crippen molar-refractivity contribution in [1.29, 1.82) is 0 Å². The minimum Gasteiger partial charge on any atom is -0.494 e. The smallest absolute Gasteiger partial charge is 0.323 e. The summed E-state index contributed by atoms with van der Waals surface area (Å²) in [7, 11) is 0. The van der Waals surface area contributed by atoms with E-state index in [4.69, 9.17) is 4.74 Å². The van der Waals surface area contributed by atoms with E-state index in [0.29, 0.717) is 36.2 Å². The number of aromatic nitrogens is 2. The molecule has 0 spiro atoms. The van der Waals surface area contributed by atoms with Crippen LogP contribution in [0.2, 0.25) is 0 Å². The van der Waals surface area contributed by atoms with E-state index in [-0.39, 0.29) is 11.6 Å². The fourth-order valence-corrected chi connectivity index (χ4v) is 2.55. The molecule has 2 aromatic carbocycles. The summed E-state index contributed by atoms with van der Waals surface area (Å²) < 4.78 is 6.57. The zero-order valence-corrected chi connectivity index (χ0v) is 14.4. The number of imidazole rings is 1. The molecular weight excluding hydrogens is 374 g/mol. The molecule has 0 aliphatic heterocycles. The number of carbonyl (C=O) groups is 1. The maximum Gasteiger partial charge on any atom is 0.323 e. The topological polar surface area (TPSA) is 87.0 Å². The van der Waals surface area contributed by atoms with E-state index < -0.39 is 0 Å². The molecule has 0 aliphatic rings. The molecule has 0 saturated carbocycles. The number of nitrogens with one attached hydrogen (secondary N) is 3. The molecule has 3 N–H and O–H groups in total. The monoisotopic (exact) mass is 389 g/mol. The average molecular weight is 390 g/mol. The Morgan fingerprint density at radius 1 is 1.08 bits per heavy atom. The Kier molecular flexibility index (Phi) is 5.00. The van der Waals surface area contributed by atoms with E-state index in [2.05, 4.69) is 31.2 Å². The van der Waals surface area contributed by atoms with Crippen LogP contribution < -0.4 is 15.7 Å². The molecule has 0 bridgehead atoms. The SMILES string of the molecule is O=C(CCCOc1ccc(Br)cc1)Nc1ccc2[nH]c(=O)[nH]c2c1. The number of rotatable bonds is 6. The van der Waals surface area contributed by atoms with Crippen LogP contribution in [0.4, 0.5) is 5.69 Å². The molecule has 0 atom stereocenters. The Hall–Kier alpha value is -2.54. The fourth-order valence-electron chi connectivity index (χ4n) is 2.29. The zero-order chi connectivity index (χ0) is 16.9. The lowest BCUT2D eigenvalue weighted by Crippen LogP contribution is -2.12. The summed E-state index contributed by atoms with van der Waals surface area (Å²) in [5.41, 5.74) is 1.76. The van der Waals surface area contributed by atoms with E-state index >= 15 is 0 Å². The number of H-pyrrole nitrogens is 2. The van der Waals surface area contributed by atoms with Crippen molar-refractivity contribution in [3.8, 4) is 5.75 Å². The molecular formula is C17H16BrN3O3. The Balaban J connectivity index is 1.46. The number of hydrogen-bond acceptors (Lipinski definition) is 3. The van der Waals surface area contributed by atoms with Gasteiger partial charge < -0.3 is 20.0 Å². The lowest BCUT2D eigenvalue weighted by Gasteiger charge is -2.07. The van der Waals surface area contributed by atoms with Gasteiger partial charge in [-0.1, -0.05) is 15.9 Å². The van der Waals surface area contributed by atoms with Crippen molar-refractivity contribution in [2.75, 3.05) is 11.9 Å². The van der Waals surface area contributed by atoms with Gasteiger partial charge in [-0.2, -0.15) is 0 Å². The van der Waals surface area contributed by atoms with Crippen molar-refractivity contribution >= 4 is 38.6 Å². The van der Waals surface area contributed by atoms with Crippen LogP contribution >= 0.6 is 15.9 Å². The van der Waals surface area contributed by atoms with Gasteiger partial charge in [-0.25, -0.2) is 4.79 Å². The molecule has 1 heterocycles. The number of carbonyl (C=O) groups excluding carboxylic acids is 1. The molecule has 7 heteroatoms. The van der Waals surface area contributed by atoms with Crippen LogP contribution in [0.1, 0.15) is 12.8 Å². The number of fused-ring (bicyclic) bond motifs is 1. The molecule has 0 fully saturated rings. The first-order valence-corrected chi connectivity index (χ1v) is 8.30. The van der Waals surface area contributed by atoms with Crippen molar-refractivity contribution in [1.82, 2.24) is 9.97 Å². The fraction of sp³-hybridized carbons (Fsp3) is 0.176. The van der Waals surface area contributed by atoms with Gasteiger partial charge in [0.2, 0.25) is 5.91 Å². The summed E-state index contributed by atoms with van der Waals surface area (Å²) in [6.45, 7) is 0.471. The molecule has 3 aromatic rings. The highest BCUT2D eigenvalue weighted by molar-refractivity contribution is 9.10. The molecule has 1 aromatic heterocycles. The normalized spacial score (nSPS) is 10.7. The van der Waals surface area contributed by atoms with Crippen molar-refractivity contribution in [2.24, 2.45) is 0 Å². The van der Waals surface area contributed by atoms with Gasteiger partial charge in [-0.15, -0.1) is 0 Å². The second kappa shape index (κ2) is 7.35. The van der Waals surface area contributed by atoms with Crippen LogP contribution in [0.5, 0.6) is 5.75 Å². The van der Waals surface area contributed by atoms with Crippen molar-refractivity contribution in [3.05, 3.63) is 57.4 Å². The predicted molar refractivity (Wildman–Crippen MR) is 96.4 cm³/mol. The van der Waals surface area contributed by atoms with Crippen LogP contribution in [0.15, 0.2) is 51.7 Å². The second-order valence-electron chi connectivity index (χ2n) is 5.29. The maximum absolute atomic E-state index is 12.0. The average Bonchev–Trinajstić information content (AvgIpc) is 2.92. The first-order chi connectivity index (χ1) is 11.6. The van der Waals surface area contributed by atoms with Gasteiger partial charge in [0.1, 0.15) is 5.75 Å². The lowest BCUT2D eigenvalue weighted by atomic mass is 10.2. The second-order valence-corrected chi connectivity index (χ2v) is 6.21. The van der Waals surface area contributed by atoms with Crippen molar-refractivity contribution in [2.45, 2.75) is 12.8 Å². The van der Waals surface area contributed by atoms with E-state index in [1.165, 1.54) is 0 Å². The Morgan fingerprint density at radius 3 is 2.62 bits per heavy atom. The Labute approximate surface area is 146 Å². The van der Waals surface area contributed by atoms with Gasteiger partial charge in [0.25, 0.3) is 0 Å². The van der Waals surface area contributed by atoms with Crippen molar-refractivity contribution in [3.63, 3.8) is 0 Å². The van der Waals surface area contributed by atoms with Crippen LogP contribution in [0.3, 0.4) is 0 Å². The predicted octanol–water partition coefficient (Wildman–Crippen LogP) is 3.42. The van der Waals surface area contributed by atoms with Gasteiger partial charge in [0.15, 0.2) is 0 Å². The van der Waals surface area contributed by atoms with Gasteiger partial charge in [0, 0.05) is 16.6 Å². The van der Waals surface area contributed by atoms with E-state index in [1.807, 2.05) is 24.3 Å². The van der Waals surface area contributed by atoms with Crippen LogP contribution in [-0.4, -0.2) is 22.5 Å². The number of hydrogen-bond donors (Lipinski definition) is 3. The summed E-state index contributed by atoms with van der Waals surface area (Å²) in [5.74, 6) is 0.687. The number of aromatic amines is 2. The quantitative estimate of drug-likeness (QED) is 0.564. The first-order valence-electron chi connectivity index (χ1n) is 7.50. The minimum atomic E-state index is -0.265. The molecule has 0 aliphatic carbocycles. The Bertz CT molecular complexity index is 899. The molecule has 1 amide bonds. The summed E-state index contributed by atoms with van der Waals surface area (Å²) >= 11 is 3.36. The summed E-state index contributed by atoms with van der Waals surface area (Å²) in [4.78, 5) is 28.5. The zero-order valence-electron chi connectivity index (χ0n) is 12.8. The highest BCUT2D eigenvalue weighted by Gasteiger charge is 2.05. The van der Waals surface area contributed by atoms with Crippen LogP contribution in [-0.2, 0) is 4.79 Å². The summed E-state index contributed by atoms with van der Waals surface area (Å²) in [6.07, 6.45) is 0.976. The molecule has 0 saturated heterocycles. The van der Waals surface area contributed by atoms with Crippen molar-refractivity contribution < 1.29 is 9.53 Å². The molecule has 0 radical (unpaired) electrons. The molecule has 124 valence electrons. The van der Waals surface area contributed by atoms with E-state index in [1.54, 1.807) is 18.2 Å². The summed E-state index contributed by atoms with van der Waals surface area (Å²) in [5, 5.41) is 2.81. The van der Waals surface area contributed by atoms with E-state index in [9.17, 15) is 9.59 Å². The number of benzene rings is 2. The lowest BCUT2D eigenvalue weighted by molar-refractivity contribution is -0.116. The highest BCUT2D eigenvalue weighted by Crippen LogP contribution is 2.17. The molecule has 6 nitrogen and oxygen atoms in total. The number of halogens is 1. The van der Waals surface area contributed by atoms with Crippen LogP contribution in [0.25, 0.3) is 11.0 Å². The Morgan fingerprint density at radius 2 is 1.83 bits per heavy atom. The summed E-state index contributed by atoms with van der Waals surface area (Å²) in [6, 6.07) is 12.8. The third-order valence-corrected chi connectivity index (χ3v) is 3.96. The standard InChI is InChI=1S/C17H16BrN3O3/c18-11-3-6-13(7-4-11)24-9-1-2-16(22)19-12-5-8-14-15(10-12)21-17(23)20-14/h3-8,10H,1-2,9H2,(H,19,22)(H2,20,21,23). The number of ether oxygens (including phenoxy) is 1. The first kappa shape index (κ1) is 16.3. The minimum absolute atomic E-state index is 0.0911. The maximum atomic E-state index is 12.0. The molecule has 24 heavy (non-hydrogen) atoms. The van der Waals surface area contributed by atoms with Gasteiger partial charge in [-0.05, 0) is 48.9 Å². The third kappa shape index (κ3) is 4.26. The van der Waals surface area contributed by atoms with Gasteiger partial charge >= 0.3 is 5.69 Å². The largest absolute Gasteiger partial charge is 0.494 e. The van der Waals surface area contributed by atoms with Crippen LogP contribution in [0, 0.1) is 0 Å². The number of anilines is 1. The molecule has 0 unspecified atom stereocenters. The van der Waals surface area contributed by atoms with Gasteiger partial charge in [0.05, 0.1) is 17.6 Å². The molecule has 3 rings (SSSR count).